The lowest BCUT2D eigenvalue weighted by molar-refractivity contribution is 0.550. The number of rotatable bonds is 6. The number of halogens is 2. The molecule has 0 spiro atoms. The van der Waals surface area contributed by atoms with Gasteiger partial charge >= 0.3 is 0 Å². The van der Waals surface area contributed by atoms with Crippen LogP contribution in [0.25, 0.3) is 11.1 Å². The molecule has 1 N–H and O–H groups in total. The van der Waals surface area contributed by atoms with E-state index in [4.69, 9.17) is 23.2 Å². The maximum absolute atomic E-state index is 12.9. The monoisotopic (exact) mass is 482 g/mol. The topological polar surface area (TPSA) is 71.4 Å². The number of hydrogen-bond acceptors (Lipinski definition) is 3. The van der Waals surface area contributed by atoms with Crippen molar-refractivity contribution in [1.29, 1.82) is 0 Å². The van der Waals surface area contributed by atoms with E-state index in [-0.39, 0.29) is 15.6 Å². The van der Waals surface area contributed by atoms with E-state index in [0.717, 1.165) is 16.5 Å². The fraction of sp³-hybridized carbons (Fsp3) is 0.136. The van der Waals surface area contributed by atoms with Crippen LogP contribution in [0.5, 0.6) is 0 Å². The van der Waals surface area contributed by atoms with Gasteiger partial charge in [0.15, 0.2) is 9.84 Å². The van der Waals surface area contributed by atoms with Crippen molar-refractivity contribution in [2.75, 3.05) is 0 Å². The van der Waals surface area contributed by atoms with Crippen LogP contribution in [0.2, 0.25) is 10.0 Å². The molecule has 0 saturated carbocycles. The SMILES string of the molecule is CC(S(=O)(=O)Cc1c(Cl)cccc1Cl)S(=O)(O)=Cc1ccc(-c2ccccc2)cc1. The Hall–Kier alpha value is -1.83. The van der Waals surface area contributed by atoms with Gasteiger partial charge in [-0.2, -0.15) is 0 Å². The molecule has 8 heteroatoms. The molecule has 0 radical (unpaired) electrons. The third-order valence-corrected chi connectivity index (χ3v) is 10.4. The van der Waals surface area contributed by atoms with Crippen LogP contribution >= 0.6 is 23.2 Å². The van der Waals surface area contributed by atoms with Crippen molar-refractivity contribution < 1.29 is 17.2 Å². The van der Waals surface area contributed by atoms with Crippen molar-refractivity contribution in [3.8, 4) is 11.1 Å². The summed E-state index contributed by atoms with van der Waals surface area (Å²) in [5.74, 6) is -0.523. The summed E-state index contributed by atoms with van der Waals surface area (Å²) in [5, 5.41) is 1.49. The fourth-order valence-corrected chi connectivity index (χ4v) is 7.30. The van der Waals surface area contributed by atoms with Gasteiger partial charge in [0.2, 0.25) is 0 Å². The molecule has 0 heterocycles. The molecule has 0 saturated heterocycles. The Bertz CT molecular complexity index is 1240. The Morgan fingerprint density at radius 2 is 1.37 bits per heavy atom. The van der Waals surface area contributed by atoms with E-state index in [2.05, 4.69) is 0 Å². The molecule has 0 aliphatic rings. The Balaban J connectivity index is 1.88. The Labute approximate surface area is 187 Å². The molecular formula is C22H20Cl2O4S2. The molecule has 0 amide bonds. The van der Waals surface area contributed by atoms with E-state index in [1.54, 1.807) is 18.2 Å². The van der Waals surface area contributed by atoms with Crippen LogP contribution in [-0.2, 0) is 25.4 Å². The van der Waals surface area contributed by atoms with E-state index < -0.39 is 30.0 Å². The van der Waals surface area contributed by atoms with Gasteiger partial charge in [-0.25, -0.2) is 12.6 Å². The van der Waals surface area contributed by atoms with Crippen LogP contribution in [0, 0.1) is 0 Å². The average molecular weight is 483 g/mol. The second-order valence-corrected chi connectivity index (χ2v) is 12.4. The minimum absolute atomic E-state index is 0.197. The molecule has 3 aromatic rings. The summed E-state index contributed by atoms with van der Waals surface area (Å²) < 4.78 is 47.4. The summed E-state index contributed by atoms with van der Waals surface area (Å²) in [7, 11) is -7.86. The second-order valence-electron chi connectivity index (χ2n) is 6.79. The Morgan fingerprint density at radius 3 is 1.93 bits per heavy atom. The lowest BCUT2D eigenvalue weighted by atomic mass is 10.0. The Morgan fingerprint density at radius 1 is 0.833 bits per heavy atom. The highest BCUT2D eigenvalue weighted by Gasteiger charge is 2.30. The zero-order valence-corrected chi connectivity index (χ0v) is 19.2. The van der Waals surface area contributed by atoms with Crippen LogP contribution < -0.4 is 0 Å². The van der Waals surface area contributed by atoms with Crippen LogP contribution in [0.15, 0.2) is 72.8 Å². The molecule has 0 fully saturated rings. The van der Waals surface area contributed by atoms with Gasteiger partial charge in [0, 0.05) is 21.0 Å². The van der Waals surface area contributed by atoms with Crippen LogP contribution in [-0.4, -0.2) is 27.1 Å². The smallest absolute Gasteiger partial charge is 0.170 e. The average Bonchev–Trinajstić information content (AvgIpc) is 2.71. The van der Waals surface area contributed by atoms with Crippen molar-refractivity contribution in [1.82, 2.24) is 0 Å². The van der Waals surface area contributed by atoms with Crippen LogP contribution in [0.1, 0.15) is 18.1 Å². The zero-order valence-electron chi connectivity index (χ0n) is 16.0. The van der Waals surface area contributed by atoms with E-state index in [0.29, 0.717) is 5.56 Å². The van der Waals surface area contributed by atoms with E-state index in [9.17, 15) is 17.2 Å². The van der Waals surface area contributed by atoms with Gasteiger partial charge in [-0.1, -0.05) is 83.9 Å². The van der Waals surface area contributed by atoms with Crippen molar-refractivity contribution in [3.63, 3.8) is 0 Å². The number of sulfone groups is 1. The first kappa shape index (κ1) is 22.8. The van der Waals surface area contributed by atoms with Crippen LogP contribution in [0.4, 0.5) is 0 Å². The van der Waals surface area contributed by atoms with Gasteiger partial charge in [0.05, 0.1) is 15.6 Å². The van der Waals surface area contributed by atoms with Crippen molar-refractivity contribution >= 4 is 48.2 Å². The molecular weight excluding hydrogens is 463 g/mol. The maximum Gasteiger partial charge on any atom is 0.170 e. The predicted octanol–water partition coefficient (Wildman–Crippen LogP) is 5.53. The third-order valence-electron chi connectivity index (χ3n) is 4.71. The lowest BCUT2D eigenvalue weighted by Crippen LogP contribution is -2.29. The van der Waals surface area contributed by atoms with Gasteiger partial charge in [-0.15, -0.1) is 0 Å². The van der Waals surface area contributed by atoms with Gasteiger partial charge in [0.25, 0.3) is 0 Å². The normalized spacial score (nSPS) is 14.7. The summed E-state index contributed by atoms with van der Waals surface area (Å²) in [5.41, 5.74) is 2.64. The van der Waals surface area contributed by atoms with Crippen molar-refractivity contribution in [3.05, 3.63) is 94.0 Å². The lowest BCUT2D eigenvalue weighted by Gasteiger charge is -2.16. The molecule has 4 nitrogen and oxygen atoms in total. The minimum Gasteiger partial charge on any atom is -0.312 e. The first-order valence-corrected chi connectivity index (χ1v) is 13.1. The van der Waals surface area contributed by atoms with Gasteiger partial charge < -0.3 is 4.55 Å². The molecule has 158 valence electrons. The van der Waals surface area contributed by atoms with Crippen LogP contribution in [0.3, 0.4) is 0 Å². The molecule has 3 aromatic carbocycles. The molecule has 3 rings (SSSR count). The fourth-order valence-electron chi connectivity index (χ4n) is 2.87. The van der Waals surface area contributed by atoms with E-state index in [1.165, 1.54) is 19.1 Å². The van der Waals surface area contributed by atoms with Gasteiger partial charge in [-0.05, 0) is 35.7 Å². The first-order chi connectivity index (χ1) is 14.1. The summed E-state index contributed by atoms with van der Waals surface area (Å²) in [4.78, 5) is 0. The highest BCUT2D eigenvalue weighted by Crippen LogP contribution is 2.28. The van der Waals surface area contributed by atoms with E-state index in [1.807, 2.05) is 42.5 Å². The minimum atomic E-state index is -4.01. The van der Waals surface area contributed by atoms with Crippen molar-refractivity contribution in [2.45, 2.75) is 17.3 Å². The molecule has 0 aromatic heterocycles. The first-order valence-electron chi connectivity index (χ1n) is 9.00. The third kappa shape index (κ3) is 5.25. The molecule has 2 atom stereocenters. The Kier molecular flexibility index (Phi) is 6.95. The zero-order chi connectivity index (χ0) is 21.9. The molecule has 0 aliphatic heterocycles. The van der Waals surface area contributed by atoms with Crippen molar-refractivity contribution in [2.24, 2.45) is 0 Å². The summed E-state index contributed by atoms with van der Waals surface area (Å²) in [6.45, 7) is 1.22. The molecule has 0 aliphatic carbocycles. The highest BCUT2D eigenvalue weighted by atomic mass is 35.5. The summed E-state index contributed by atoms with van der Waals surface area (Å²) >= 11 is 12.1. The van der Waals surface area contributed by atoms with E-state index >= 15 is 0 Å². The standard InChI is InChI=1S/C22H20Cl2O4S2/c1-16(30(27,28)15-20-21(23)8-5-9-22(20)24)29(25,26)14-17-10-12-19(13-11-17)18-6-3-2-4-7-18/h2-14,16H,15H2,1H3,(H,25,26). The number of benzene rings is 3. The highest BCUT2D eigenvalue weighted by molar-refractivity contribution is 8.11. The quantitative estimate of drug-likeness (QED) is 0.468. The molecule has 0 bridgehead atoms. The van der Waals surface area contributed by atoms with Gasteiger partial charge in [0.1, 0.15) is 4.58 Å². The largest absolute Gasteiger partial charge is 0.312 e. The molecule has 30 heavy (non-hydrogen) atoms. The summed E-state index contributed by atoms with van der Waals surface area (Å²) in [6, 6.07) is 21.4. The second kappa shape index (κ2) is 9.12. The van der Waals surface area contributed by atoms with Gasteiger partial charge in [-0.3, -0.25) is 0 Å². The molecule has 2 unspecified atom stereocenters. The maximum atomic E-state index is 12.9. The predicted molar refractivity (Wildman–Crippen MR) is 126 cm³/mol. The number of hydrogen-bond donors (Lipinski definition) is 1. The summed E-state index contributed by atoms with van der Waals surface area (Å²) in [6.07, 6.45) is 0.